The smallest absolute Gasteiger partial charge is 0.127 e. The molecule has 0 fully saturated rings. The maximum Gasteiger partial charge on any atom is 0.127 e. The van der Waals surface area contributed by atoms with Crippen LogP contribution in [-0.2, 0) is 0 Å². The molecule has 3 N–H and O–H groups in total. The Bertz CT molecular complexity index is 468. The van der Waals surface area contributed by atoms with Crippen LogP contribution in [0.25, 0.3) is 0 Å². The van der Waals surface area contributed by atoms with Crippen molar-refractivity contribution in [2.24, 2.45) is 5.73 Å². The maximum absolute atomic E-state index is 8.84. The summed E-state index contributed by atoms with van der Waals surface area (Å²) in [5.74, 6) is 1.59. The molecule has 0 amide bonds. The van der Waals surface area contributed by atoms with E-state index in [9.17, 15) is 0 Å². The molecule has 0 bridgehead atoms. The van der Waals surface area contributed by atoms with E-state index in [-0.39, 0.29) is 12.6 Å². The van der Waals surface area contributed by atoms with Gasteiger partial charge in [-0.3, -0.25) is 0 Å². The van der Waals surface area contributed by atoms with Gasteiger partial charge in [-0.1, -0.05) is 30.3 Å². The van der Waals surface area contributed by atoms with Crippen molar-refractivity contribution in [3.05, 3.63) is 60.2 Å². The zero-order valence-electron chi connectivity index (χ0n) is 10.1. The molecule has 0 aliphatic carbocycles. The Morgan fingerprint density at radius 1 is 0.944 bits per heavy atom. The van der Waals surface area contributed by atoms with Crippen molar-refractivity contribution in [3.63, 3.8) is 0 Å². The molecular formula is C15H17NO2. The first kappa shape index (κ1) is 12.6. The van der Waals surface area contributed by atoms with E-state index in [1.807, 2.05) is 54.6 Å². The second kappa shape index (κ2) is 6.19. The summed E-state index contributed by atoms with van der Waals surface area (Å²) in [6, 6.07) is 17.1. The summed E-state index contributed by atoms with van der Waals surface area (Å²) in [6.07, 6.45) is 0.568. The van der Waals surface area contributed by atoms with Crippen LogP contribution in [-0.4, -0.2) is 11.7 Å². The van der Waals surface area contributed by atoms with Gasteiger partial charge in [0.15, 0.2) is 0 Å². The maximum atomic E-state index is 8.84. The van der Waals surface area contributed by atoms with Gasteiger partial charge in [-0.2, -0.15) is 0 Å². The SMILES string of the molecule is N[C@@H](CCO)c1ccc(Oc2ccccc2)cc1. The molecule has 0 aromatic heterocycles. The van der Waals surface area contributed by atoms with Crippen LogP contribution < -0.4 is 10.5 Å². The molecule has 2 aromatic rings. The Balaban J connectivity index is 2.04. The van der Waals surface area contributed by atoms with E-state index < -0.39 is 0 Å². The predicted octanol–water partition coefficient (Wildman–Crippen LogP) is 2.86. The Kier molecular flexibility index (Phi) is 4.34. The summed E-state index contributed by atoms with van der Waals surface area (Å²) >= 11 is 0. The fourth-order valence-electron chi connectivity index (χ4n) is 1.71. The van der Waals surface area contributed by atoms with Gasteiger partial charge in [0.05, 0.1) is 0 Å². The molecule has 0 saturated heterocycles. The topological polar surface area (TPSA) is 55.5 Å². The summed E-state index contributed by atoms with van der Waals surface area (Å²) < 4.78 is 5.68. The van der Waals surface area contributed by atoms with Gasteiger partial charge in [-0.15, -0.1) is 0 Å². The van der Waals surface area contributed by atoms with Gasteiger partial charge in [0.1, 0.15) is 11.5 Å². The first-order valence-corrected chi connectivity index (χ1v) is 5.99. The standard InChI is InChI=1S/C15H17NO2/c16-15(10-11-17)12-6-8-14(9-7-12)18-13-4-2-1-3-5-13/h1-9,15,17H,10-11,16H2/t15-/m0/s1. The number of benzene rings is 2. The van der Waals surface area contributed by atoms with Crippen LogP contribution in [0.3, 0.4) is 0 Å². The number of rotatable bonds is 5. The summed E-state index contributed by atoms with van der Waals surface area (Å²) in [5, 5.41) is 8.84. The molecular weight excluding hydrogens is 226 g/mol. The summed E-state index contributed by atoms with van der Waals surface area (Å²) in [7, 11) is 0. The second-order valence-electron chi connectivity index (χ2n) is 4.10. The van der Waals surface area contributed by atoms with Crippen LogP contribution in [0.4, 0.5) is 0 Å². The largest absolute Gasteiger partial charge is 0.457 e. The molecule has 3 heteroatoms. The fourth-order valence-corrected chi connectivity index (χ4v) is 1.71. The third kappa shape index (κ3) is 3.32. The molecule has 0 aliphatic heterocycles. The summed E-state index contributed by atoms with van der Waals surface area (Å²) in [6.45, 7) is 0.101. The van der Waals surface area contributed by atoms with Gasteiger partial charge in [0.2, 0.25) is 0 Å². The molecule has 0 saturated carbocycles. The van der Waals surface area contributed by atoms with Crippen molar-refractivity contribution >= 4 is 0 Å². The molecule has 0 heterocycles. The summed E-state index contributed by atoms with van der Waals surface area (Å²) in [4.78, 5) is 0. The van der Waals surface area contributed by atoms with Gasteiger partial charge in [0.25, 0.3) is 0 Å². The van der Waals surface area contributed by atoms with E-state index in [1.54, 1.807) is 0 Å². The van der Waals surface area contributed by atoms with Gasteiger partial charge < -0.3 is 15.6 Å². The van der Waals surface area contributed by atoms with E-state index in [4.69, 9.17) is 15.6 Å². The number of ether oxygens (including phenoxy) is 1. The Morgan fingerprint density at radius 2 is 1.56 bits per heavy atom. The van der Waals surface area contributed by atoms with Crippen molar-refractivity contribution in [2.75, 3.05) is 6.61 Å². The Labute approximate surface area is 107 Å². The van der Waals surface area contributed by atoms with Crippen LogP contribution in [0.1, 0.15) is 18.0 Å². The second-order valence-corrected chi connectivity index (χ2v) is 4.10. The van der Waals surface area contributed by atoms with Crippen molar-refractivity contribution < 1.29 is 9.84 Å². The van der Waals surface area contributed by atoms with E-state index in [0.29, 0.717) is 6.42 Å². The highest BCUT2D eigenvalue weighted by Gasteiger charge is 2.05. The third-order valence-corrected chi connectivity index (χ3v) is 2.73. The number of hydrogen-bond donors (Lipinski definition) is 2. The lowest BCUT2D eigenvalue weighted by atomic mass is 10.1. The van der Waals surface area contributed by atoms with Crippen LogP contribution in [0.15, 0.2) is 54.6 Å². The van der Waals surface area contributed by atoms with E-state index in [2.05, 4.69) is 0 Å². The highest BCUT2D eigenvalue weighted by atomic mass is 16.5. The zero-order valence-corrected chi connectivity index (χ0v) is 10.1. The molecule has 0 aliphatic rings. The van der Waals surface area contributed by atoms with Crippen molar-refractivity contribution in [2.45, 2.75) is 12.5 Å². The monoisotopic (exact) mass is 243 g/mol. The minimum Gasteiger partial charge on any atom is -0.457 e. The summed E-state index contributed by atoms with van der Waals surface area (Å²) in [5.41, 5.74) is 6.91. The molecule has 0 unspecified atom stereocenters. The van der Waals surface area contributed by atoms with Crippen molar-refractivity contribution in [1.82, 2.24) is 0 Å². The van der Waals surface area contributed by atoms with Gasteiger partial charge in [-0.25, -0.2) is 0 Å². The first-order valence-electron chi connectivity index (χ1n) is 5.99. The number of aliphatic hydroxyl groups is 1. The average molecular weight is 243 g/mol. The average Bonchev–Trinajstić information content (AvgIpc) is 2.41. The highest BCUT2D eigenvalue weighted by Crippen LogP contribution is 2.23. The lowest BCUT2D eigenvalue weighted by molar-refractivity contribution is 0.276. The third-order valence-electron chi connectivity index (χ3n) is 2.73. The minimum absolute atomic E-state index is 0.101. The molecule has 1 atom stereocenters. The number of hydrogen-bond acceptors (Lipinski definition) is 3. The zero-order chi connectivity index (χ0) is 12.8. The van der Waals surface area contributed by atoms with Crippen LogP contribution >= 0.6 is 0 Å². The molecule has 3 nitrogen and oxygen atoms in total. The minimum atomic E-state index is -0.124. The van der Waals surface area contributed by atoms with Crippen molar-refractivity contribution in [3.8, 4) is 11.5 Å². The van der Waals surface area contributed by atoms with Crippen LogP contribution in [0, 0.1) is 0 Å². The van der Waals surface area contributed by atoms with Gasteiger partial charge in [0, 0.05) is 12.6 Å². The van der Waals surface area contributed by atoms with Gasteiger partial charge in [-0.05, 0) is 36.2 Å². The van der Waals surface area contributed by atoms with E-state index >= 15 is 0 Å². The van der Waals surface area contributed by atoms with Crippen LogP contribution in [0.5, 0.6) is 11.5 Å². The molecule has 0 spiro atoms. The Morgan fingerprint density at radius 3 is 2.17 bits per heavy atom. The number of nitrogens with two attached hydrogens (primary N) is 1. The molecule has 0 radical (unpaired) electrons. The molecule has 18 heavy (non-hydrogen) atoms. The molecule has 2 aromatic carbocycles. The van der Waals surface area contributed by atoms with Crippen LogP contribution in [0.2, 0.25) is 0 Å². The lowest BCUT2D eigenvalue weighted by Gasteiger charge is -2.11. The van der Waals surface area contributed by atoms with E-state index in [1.165, 1.54) is 0 Å². The van der Waals surface area contributed by atoms with E-state index in [0.717, 1.165) is 17.1 Å². The number of aliphatic hydroxyl groups excluding tert-OH is 1. The molecule has 2 rings (SSSR count). The lowest BCUT2D eigenvalue weighted by Crippen LogP contribution is -2.11. The number of para-hydroxylation sites is 1. The highest BCUT2D eigenvalue weighted by molar-refractivity contribution is 5.33. The predicted molar refractivity (Wildman–Crippen MR) is 71.6 cm³/mol. The quantitative estimate of drug-likeness (QED) is 0.849. The Hall–Kier alpha value is -1.84. The fraction of sp³-hybridized carbons (Fsp3) is 0.200. The molecule has 94 valence electrons. The van der Waals surface area contributed by atoms with Crippen molar-refractivity contribution in [1.29, 1.82) is 0 Å². The normalized spacial score (nSPS) is 12.1. The van der Waals surface area contributed by atoms with Gasteiger partial charge >= 0.3 is 0 Å². The first-order chi connectivity index (χ1) is 8.79.